The van der Waals surface area contributed by atoms with E-state index < -0.39 is 11.8 Å². The van der Waals surface area contributed by atoms with Crippen LogP contribution in [0.1, 0.15) is 15.9 Å². The molecule has 33 heavy (non-hydrogen) atoms. The minimum Gasteiger partial charge on any atom is -0.495 e. The lowest BCUT2D eigenvalue weighted by Gasteiger charge is -2.13. The third-order valence-corrected chi connectivity index (χ3v) is 5.35. The summed E-state index contributed by atoms with van der Waals surface area (Å²) in [6.45, 7) is 0.122. The third kappa shape index (κ3) is 5.22. The SMILES string of the molecule is COc1ccc(NC(=O)C(=Cc2ccc3c(c2)OCO3)NC(=O)c2ccccc2Cl)cc1Cl. The predicted octanol–water partition coefficient (Wildman–Crippen LogP) is 5.14. The summed E-state index contributed by atoms with van der Waals surface area (Å²) in [6.07, 6.45) is 1.52. The summed E-state index contributed by atoms with van der Waals surface area (Å²) in [5.41, 5.74) is 1.27. The second-order valence-corrected chi connectivity index (χ2v) is 7.72. The molecule has 7 nitrogen and oxygen atoms in total. The Morgan fingerprint density at radius 2 is 1.76 bits per heavy atom. The minimum absolute atomic E-state index is 0.00859. The van der Waals surface area contributed by atoms with E-state index in [1.807, 2.05) is 0 Å². The van der Waals surface area contributed by atoms with Crippen molar-refractivity contribution < 1.29 is 23.8 Å². The highest BCUT2D eigenvalue weighted by molar-refractivity contribution is 6.34. The lowest BCUT2D eigenvalue weighted by molar-refractivity contribution is -0.113. The van der Waals surface area contributed by atoms with Crippen molar-refractivity contribution in [2.45, 2.75) is 0 Å². The molecule has 168 valence electrons. The highest BCUT2D eigenvalue weighted by Crippen LogP contribution is 2.33. The second-order valence-electron chi connectivity index (χ2n) is 6.91. The molecule has 0 aliphatic carbocycles. The fraction of sp³-hybridized carbons (Fsp3) is 0.0833. The number of carbonyl (C=O) groups excluding carboxylic acids is 2. The Hall–Kier alpha value is -3.68. The van der Waals surface area contributed by atoms with Crippen molar-refractivity contribution in [3.63, 3.8) is 0 Å². The molecule has 0 saturated heterocycles. The highest BCUT2D eigenvalue weighted by atomic mass is 35.5. The topological polar surface area (TPSA) is 85.9 Å². The molecule has 1 aliphatic heterocycles. The molecule has 3 aromatic rings. The summed E-state index contributed by atoms with van der Waals surface area (Å²) >= 11 is 12.3. The van der Waals surface area contributed by atoms with Gasteiger partial charge in [-0.1, -0.05) is 41.4 Å². The van der Waals surface area contributed by atoms with E-state index in [1.165, 1.54) is 13.2 Å². The number of anilines is 1. The van der Waals surface area contributed by atoms with Crippen molar-refractivity contribution in [3.05, 3.63) is 87.5 Å². The highest BCUT2D eigenvalue weighted by Gasteiger charge is 2.19. The molecule has 0 saturated carbocycles. The van der Waals surface area contributed by atoms with Gasteiger partial charge >= 0.3 is 0 Å². The molecule has 1 aliphatic rings. The predicted molar refractivity (Wildman–Crippen MR) is 126 cm³/mol. The molecule has 4 rings (SSSR count). The van der Waals surface area contributed by atoms with Crippen LogP contribution >= 0.6 is 23.2 Å². The van der Waals surface area contributed by atoms with Crippen LogP contribution in [-0.4, -0.2) is 25.7 Å². The maximum absolute atomic E-state index is 13.1. The van der Waals surface area contributed by atoms with Gasteiger partial charge < -0.3 is 24.8 Å². The Morgan fingerprint density at radius 3 is 2.52 bits per heavy atom. The van der Waals surface area contributed by atoms with Gasteiger partial charge in [0.25, 0.3) is 11.8 Å². The first kappa shape index (κ1) is 22.5. The van der Waals surface area contributed by atoms with Crippen LogP contribution in [-0.2, 0) is 4.79 Å². The number of hydrogen-bond acceptors (Lipinski definition) is 5. The third-order valence-electron chi connectivity index (χ3n) is 4.73. The molecule has 3 aromatic carbocycles. The number of nitrogens with one attached hydrogen (secondary N) is 2. The molecule has 2 N–H and O–H groups in total. The maximum Gasteiger partial charge on any atom is 0.272 e. The van der Waals surface area contributed by atoms with E-state index in [1.54, 1.807) is 60.7 Å². The maximum atomic E-state index is 13.1. The number of carbonyl (C=O) groups is 2. The lowest BCUT2D eigenvalue weighted by Crippen LogP contribution is -2.31. The molecule has 0 radical (unpaired) electrons. The number of benzene rings is 3. The van der Waals surface area contributed by atoms with Crippen LogP contribution in [0, 0.1) is 0 Å². The van der Waals surface area contributed by atoms with Gasteiger partial charge in [0.15, 0.2) is 11.5 Å². The summed E-state index contributed by atoms with van der Waals surface area (Å²) < 4.78 is 15.8. The number of amides is 2. The quantitative estimate of drug-likeness (QED) is 0.473. The van der Waals surface area contributed by atoms with Crippen LogP contribution in [0.5, 0.6) is 17.2 Å². The van der Waals surface area contributed by atoms with Crippen LogP contribution in [0.15, 0.2) is 66.4 Å². The van der Waals surface area contributed by atoms with Gasteiger partial charge in [-0.2, -0.15) is 0 Å². The molecular formula is C24H18Cl2N2O5. The average Bonchev–Trinajstić information content (AvgIpc) is 3.27. The Kier molecular flexibility index (Phi) is 6.72. The summed E-state index contributed by atoms with van der Waals surface area (Å²) in [4.78, 5) is 26.0. The van der Waals surface area contributed by atoms with Crippen LogP contribution in [0.25, 0.3) is 6.08 Å². The van der Waals surface area contributed by atoms with Crippen LogP contribution in [0.3, 0.4) is 0 Å². The molecular weight excluding hydrogens is 467 g/mol. The smallest absolute Gasteiger partial charge is 0.272 e. The van der Waals surface area contributed by atoms with Crippen LogP contribution in [0.2, 0.25) is 10.0 Å². The van der Waals surface area contributed by atoms with Crippen molar-refractivity contribution >= 4 is 46.8 Å². The fourth-order valence-electron chi connectivity index (χ4n) is 3.11. The first-order valence-electron chi connectivity index (χ1n) is 9.76. The van der Waals surface area contributed by atoms with Crippen molar-refractivity contribution in [2.75, 3.05) is 19.2 Å². The van der Waals surface area contributed by atoms with E-state index in [-0.39, 0.29) is 23.1 Å². The van der Waals surface area contributed by atoms with Crippen molar-refractivity contribution in [1.82, 2.24) is 5.32 Å². The standard InChI is InChI=1S/C24H18Cl2N2O5/c1-31-20-9-7-15(12-18(20)26)27-24(30)19(28-23(29)16-4-2-3-5-17(16)25)10-14-6-8-21-22(11-14)33-13-32-21/h2-12H,13H2,1H3,(H,27,30)(H,28,29). The molecule has 0 atom stereocenters. The number of fused-ring (bicyclic) bond motifs is 1. The Bertz CT molecular complexity index is 1260. The summed E-state index contributed by atoms with van der Waals surface area (Å²) in [5, 5.41) is 5.96. The first-order chi connectivity index (χ1) is 15.9. The van der Waals surface area contributed by atoms with Gasteiger partial charge in [0.05, 0.1) is 22.7 Å². The summed E-state index contributed by atoms with van der Waals surface area (Å²) in [5.74, 6) is 0.525. The molecule has 0 fully saturated rings. The van der Waals surface area contributed by atoms with Gasteiger partial charge in [-0.15, -0.1) is 0 Å². The number of hydrogen-bond donors (Lipinski definition) is 2. The average molecular weight is 485 g/mol. The Balaban J connectivity index is 1.64. The largest absolute Gasteiger partial charge is 0.495 e. The van der Waals surface area contributed by atoms with Gasteiger partial charge in [0.2, 0.25) is 6.79 Å². The van der Waals surface area contributed by atoms with Gasteiger partial charge in [-0.25, -0.2) is 0 Å². The van der Waals surface area contributed by atoms with E-state index in [2.05, 4.69) is 10.6 Å². The first-order valence-corrected chi connectivity index (χ1v) is 10.5. The summed E-state index contributed by atoms with van der Waals surface area (Å²) in [7, 11) is 1.50. The number of halogens is 2. The van der Waals surface area contributed by atoms with E-state index in [9.17, 15) is 9.59 Å². The fourth-order valence-corrected chi connectivity index (χ4v) is 3.58. The van der Waals surface area contributed by atoms with Crippen LogP contribution < -0.4 is 24.8 Å². The summed E-state index contributed by atoms with van der Waals surface area (Å²) in [6, 6.07) is 16.5. The molecule has 0 bridgehead atoms. The van der Waals surface area contributed by atoms with Gasteiger partial charge in [0, 0.05) is 5.69 Å². The van der Waals surface area contributed by atoms with Gasteiger partial charge in [0.1, 0.15) is 11.4 Å². The lowest BCUT2D eigenvalue weighted by atomic mass is 10.1. The molecule has 0 unspecified atom stereocenters. The molecule has 0 spiro atoms. The van der Waals surface area contributed by atoms with E-state index >= 15 is 0 Å². The number of methoxy groups -OCH3 is 1. The zero-order chi connectivity index (χ0) is 23.4. The molecule has 2 amide bonds. The number of rotatable bonds is 6. The van der Waals surface area contributed by atoms with Crippen molar-refractivity contribution in [3.8, 4) is 17.2 Å². The van der Waals surface area contributed by atoms with Gasteiger partial charge in [-0.05, 0) is 54.1 Å². The second kappa shape index (κ2) is 9.85. The Morgan fingerprint density at radius 1 is 0.970 bits per heavy atom. The van der Waals surface area contributed by atoms with E-state index in [0.717, 1.165) is 0 Å². The Labute approximate surface area is 199 Å². The van der Waals surface area contributed by atoms with Crippen LogP contribution in [0.4, 0.5) is 5.69 Å². The zero-order valence-corrected chi connectivity index (χ0v) is 18.9. The molecule has 9 heteroatoms. The monoisotopic (exact) mass is 484 g/mol. The zero-order valence-electron chi connectivity index (χ0n) is 17.4. The minimum atomic E-state index is -0.561. The number of ether oxygens (including phenoxy) is 3. The van der Waals surface area contributed by atoms with Crippen molar-refractivity contribution in [2.24, 2.45) is 0 Å². The van der Waals surface area contributed by atoms with Gasteiger partial charge in [-0.3, -0.25) is 9.59 Å². The molecule has 0 aromatic heterocycles. The van der Waals surface area contributed by atoms with E-state index in [4.69, 9.17) is 37.4 Å². The van der Waals surface area contributed by atoms with E-state index in [0.29, 0.717) is 33.5 Å². The molecule has 1 heterocycles. The van der Waals surface area contributed by atoms with Crippen molar-refractivity contribution in [1.29, 1.82) is 0 Å². The normalized spacial score (nSPS) is 12.3.